The van der Waals surface area contributed by atoms with E-state index < -0.39 is 0 Å². The van der Waals surface area contributed by atoms with E-state index >= 15 is 0 Å². The van der Waals surface area contributed by atoms with Gasteiger partial charge < -0.3 is 10.5 Å². The molecule has 94 valence electrons. The molecule has 1 heterocycles. The molecular weight excluding hydrogens is 236 g/mol. The van der Waals surface area contributed by atoms with Gasteiger partial charge in [0, 0.05) is 19.6 Å². The molecule has 1 saturated heterocycles. The van der Waals surface area contributed by atoms with Crippen molar-refractivity contribution >= 4 is 17.3 Å². The van der Waals surface area contributed by atoms with Crippen molar-refractivity contribution in [3.8, 4) is 0 Å². The van der Waals surface area contributed by atoms with E-state index in [1.54, 1.807) is 0 Å². The molecule has 1 aliphatic heterocycles. The smallest absolute Gasteiger partial charge is 0.0678 e. The van der Waals surface area contributed by atoms with Crippen LogP contribution in [0, 0.1) is 0 Å². The van der Waals surface area contributed by atoms with Gasteiger partial charge in [-0.15, -0.1) is 0 Å². The molecule has 3 nitrogen and oxygen atoms in total. The SMILES string of the molecule is C[C@@H]1CN(Cc2ccc(N)c(Cl)c2)C[C@H](C)O1. The maximum Gasteiger partial charge on any atom is 0.0678 e. The number of hydrogen-bond acceptors (Lipinski definition) is 3. The van der Waals surface area contributed by atoms with E-state index in [2.05, 4.69) is 18.7 Å². The van der Waals surface area contributed by atoms with E-state index in [1.165, 1.54) is 5.56 Å². The van der Waals surface area contributed by atoms with Crippen LogP contribution in [0.2, 0.25) is 5.02 Å². The second-order valence-electron chi connectivity index (χ2n) is 4.81. The molecule has 1 aromatic carbocycles. The van der Waals surface area contributed by atoms with Crippen molar-refractivity contribution in [3.63, 3.8) is 0 Å². The van der Waals surface area contributed by atoms with Crippen LogP contribution >= 0.6 is 11.6 Å². The Morgan fingerprint density at radius 2 is 2.00 bits per heavy atom. The van der Waals surface area contributed by atoms with Crippen molar-refractivity contribution < 1.29 is 4.74 Å². The molecule has 0 saturated carbocycles. The molecule has 0 amide bonds. The highest BCUT2D eigenvalue weighted by Crippen LogP contribution is 2.21. The van der Waals surface area contributed by atoms with E-state index in [9.17, 15) is 0 Å². The van der Waals surface area contributed by atoms with Crippen LogP contribution in [0.15, 0.2) is 18.2 Å². The first-order valence-electron chi connectivity index (χ1n) is 5.96. The third-order valence-corrected chi connectivity index (χ3v) is 3.29. The van der Waals surface area contributed by atoms with E-state index in [0.29, 0.717) is 22.9 Å². The Hall–Kier alpha value is -0.770. The normalized spacial score (nSPS) is 26.1. The summed E-state index contributed by atoms with van der Waals surface area (Å²) in [6, 6.07) is 5.85. The van der Waals surface area contributed by atoms with Gasteiger partial charge >= 0.3 is 0 Å². The molecule has 0 unspecified atom stereocenters. The highest BCUT2D eigenvalue weighted by molar-refractivity contribution is 6.33. The molecule has 2 rings (SSSR count). The van der Waals surface area contributed by atoms with Crippen LogP contribution in [0.4, 0.5) is 5.69 Å². The van der Waals surface area contributed by atoms with Crippen molar-refractivity contribution in [2.45, 2.75) is 32.6 Å². The molecule has 0 spiro atoms. The second kappa shape index (κ2) is 5.25. The van der Waals surface area contributed by atoms with E-state index in [1.807, 2.05) is 18.2 Å². The highest BCUT2D eigenvalue weighted by atomic mass is 35.5. The zero-order chi connectivity index (χ0) is 12.4. The number of anilines is 1. The lowest BCUT2D eigenvalue weighted by atomic mass is 10.1. The number of nitrogen functional groups attached to an aromatic ring is 1. The largest absolute Gasteiger partial charge is 0.398 e. The third kappa shape index (κ3) is 3.35. The maximum atomic E-state index is 6.02. The van der Waals surface area contributed by atoms with Crippen LogP contribution < -0.4 is 5.73 Å². The Kier molecular flexibility index (Phi) is 3.92. The van der Waals surface area contributed by atoms with Crippen LogP contribution in [0.3, 0.4) is 0 Å². The van der Waals surface area contributed by atoms with E-state index in [4.69, 9.17) is 22.1 Å². The zero-order valence-corrected chi connectivity index (χ0v) is 11.1. The summed E-state index contributed by atoms with van der Waals surface area (Å²) in [4.78, 5) is 2.39. The average Bonchev–Trinajstić information content (AvgIpc) is 2.22. The van der Waals surface area contributed by atoms with Gasteiger partial charge in [0.2, 0.25) is 0 Å². The Morgan fingerprint density at radius 3 is 2.59 bits per heavy atom. The monoisotopic (exact) mass is 254 g/mol. The number of morpholine rings is 1. The van der Waals surface area contributed by atoms with Crippen LogP contribution in [0.25, 0.3) is 0 Å². The minimum atomic E-state index is 0.294. The molecule has 0 bridgehead atoms. The Balaban J connectivity index is 2.02. The molecule has 17 heavy (non-hydrogen) atoms. The lowest BCUT2D eigenvalue weighted by Crippen LogP contribution is -2.44. The Labute approximate surface area is 107 Å². The molecule has 0 aliphatic carbocycles. The number of nitrogens with two attached hydrogens (primary N) is 1. The number of halogens is 1. The van der Waals surface area contributed by atoms with Crippen LogP contribution in [-0.4, -0.2) is 30.2 Å². The number of hydrogen-bond donors (Lipinski definition) is 1. The molecule has 1 aliphatic rings. The fourth-order valence-corrected chi connectivity index (χ4v) is 2.54. The van der Waals surface area contributed by atoms with Gasteiger partial charge in [-0.1, -0.05) is 17.7 Å². The Morgan fingerprint density at radius 1 is 1.35 bits per heavy atom. The fourth-order valence-electron chi connectivity index (χ4n) is 2.34. The van der Waals surface area contributed by atoms with Crippen molar-refractivity contribution in [1.29, 1.82) is 0 Å². The lowest BCUT2D eigenvalue weighted by Gasteiger charge is -2.35. The molecular formula is C13H19ClN2O. The number of nitrogens with zero attached hydrogens (tertiary/aromatic N) is 1. The van der Waals surface area contributed by atoms with Crippen molar-refractivity contribution in [2.75, 3.05) is 18.8 Å². The van der Waals surface area contributed by atoms with Gasteiger partial charge in [0.1, 0.15) is 0 Å². The number of rotatable bonds is 2. The summed E-state index contributed by atoms with van der Waals surface area (Å²) in [5.41, 5.74) is 7.54. The first kappa shape index (κ1) is 12.7. The van der Waals surface area contributed by atoms with Gasteiger partial charge in [0.05, 0.1) is 22.9 Å². The molecule has 2 atom stereocenters. The number of benzene rings is 1. The van der Waals surface area contributed by atoms with Crippen molar-refractivity contribution in [3.05, 3.63) is 28.8 Å². The summed E-state index contributed by atoms with van der Waals surface area (Å²) in [5, 5.41) is 0.636. The van der Waals surface area contributed by atoms with Gasteiger partial charge in [0.25, 0.3) is 0 Å². The highest BCUT2D eigenvalue weighted by Gasteiger charge is 2.22. The summed E-state index contributed by atoms with van der Waals surface area (Å²) in [7, 11) is 0. The van der Waals surface area contributed by atoms with Gasteiger partial charge in [-0.3, -0.25) is 4.90 Å². The predicted molar refractivity (Wildman–Crippen MR) is 71.2 cm³/mol. The van der Waals surface area contributed by atoms with E-state index in [0.717, 1.165) is 19.6 Å². The molecule has 4 heteroatoms. The third-order valence-electron chi connectivity index (χ3n) is 2.97. The zero-order valence-electron chi connectivity index (χ0n) is 10.3. The average molecular weight is 255 g/mol. The molecule has 1 aromatic rings. The summed E-state index contributed by atoms with van der Waals surface area (Å²) in [6.45, 7) is 7.05. The minimum absolute atomic E-state index is 0.294. The lowest BCUT2D eigenvalue weighted by molar-refractivity contribution is -0.0704. The van der Waals surface area contributed by atoms with Crippen molar-refractivity contribution in [2.24, 2.45) is 0 Å². The summed E-state index contributed by atoms with van der Waals surface area (Å²) >= 11 is 6.02. The van der Waals surface area contributed by atoms with Gasteiger partial charge in [-0.05, 0) is 31.5 Å². The van der Waals surface area contributed by atoms with E-state index in [-0.39, 0.29) is 0 Å². The summed E-state index contributed by atoms with van der Waals surface area (Å²) in [6.07, 6.45) is 0.589. The fraction of sp³-hybridized carbons (Fsp3) is 0.538. The predicted octanol–water partition coefficient (Wildman–Crippen LogP) is 2.53. The first-order chi connectivity index (χ1) is 8.04. The van der Waals surface area contributed by atoms with Crippen LogP contribution in [0.5, 0.6) is 0 Å². The molecule has 0 radical (unpaired) electrons. The van der Waals surface area contributed by atoms with Gasteiger partial charge in [0.15, 0.2) is 0 Å². The number of ether oxygens (including phenoxy) is 1. The van der Waals surface area contributed by atoms with Crippen LogP contribution in [0.1, 0.15) is 19.4 Å². The summed E-state index contributed by atoms with van der Waals surface area (Å²) < 4.78 is 5.71. The summed E-state index contributed by atoms with van der Waals surface area (Å²) in [5.74, 6) is 0. The topological polar surface area (TPSA) is 38.5 Å². The minimum Gasteiger partial charge on any atom is -0.398 e. The quantitative estimate of drug-likeness (QED) is 0.825. The molecule has 2 N–H and O–H groups in total. The maximum absolute atomic E-state index is 6.02. The standard InChI is InChI=1S/C13H19ClN2O/c1-9-6-16(7-10(2)17-9)8-11-3-4-13(15)12(14)5-11/h3-5,9-10H,6-8,15H2,1-2H3/t9-,10+. The molecule has 1 fully saturated rings. The van der Waals surface area contributed by atoms with Gasteiger partial charge in [-0.25, -0.2) is 0 Å². The van der Waals surface area contributed by atoms with Gasteiger partial charge in [-0.2, -0.15) is 0 Å². The van der Waals surface area contributed by atoms with Crippen molar-refractivity contribution in [1.82, 2.24) is 4.90 Å². The second-order valence-corrected chi connectivity index (χ2v) is 5.21. The first-order valence-corrected chi connectivity index (χ1v) is 6.34. The Bertz CT molecular complexity index is 387. The van der Waals surface area contributed by atoms with Crippen LogP contribution in [-0.2, 0) is 11.3 Å². The molecule has 0 aromatic heterocycles.